The van der Waals surface area contributed by atoms with Crippen molar-refractivity contribution in [3.8, 4) is 22.3 Å². The zero-order valence-electron chi connectivity index (χ0n) is 15.4. The zero-order valence-corrected chi connectivity index (χ0v) is 17.8. The second-order valence-electron chi connectivity index (χ2n) is 5.59. The van der Waals surface area contributed by atoms with Gasteiger partial charge in [0.2, 0.25) is 5.82 Å². The molecular weight excluding hydrogens is 448 g/mol. The summed E-state index contributed by atoms with van der Waals surface area (Å²) < 4.78 is 22.4. The van der Waals surface area contributed by atoms with Gasteiger partial charge in [-0.15, -0.1) is 11.3 Å². The molecule has 2 aromatic heterocycles. The van der Waals surface area contributed by atoms with Crippen LogP contribution >= 0.6 is 27.3 Å². The molecule has 0 aliphatic carbocycles. The van der Waals surface area contributed by atoms with E-state index in [2.05, 4.69) is 26.1 Å². The van der Waals surface area contributed by atoms with E-state index in [9.17, 15) is 4.79 Å². The molecule has 3 rings (SSSR count). The molecule has 0 N–H and O–H groups in total. The van der Waals surface area contributed by atoms with E-state index in [1.54, 1.807) is 12.1 Å². The normalized spacial score (nSPS) is 10.7. The van der Waals surface area contributed by atoms with Crippen molar-refractivity contribution in [3.05, 3.63) is 45.5 Å². The Morgan fingerprint density at radius 1 is 1.21 bits per heavy atom. The van der Waals surface area contributed by atoms with Gasteiger partial charge in [-0.05, 0) is 43.0 Å². The van der Waals surface area contributed by atoms with Crippen LogP contribution in [-0.4, -0.2) is 29.3 Å². The molecule has 28 heavy (non-hydrogen) atoms. The van der Waals surface area contributed by atoms with Crippen LogP contribution in [-0.2, 0) is 22.6 Å². The molecule has 3 aromatic rings. The lowest BCUT2D eigenvalue weighted by Crippen LogP contribution is -2.10. The van der Waals surface area contributed by atoms with Gasteiger partial charge in [-0.2, -0.15) is 4.98 Å². The van der Waals surface area contributed by atoms with Crippen molar-refractivity contribution in [2.75, 3.05) is 13.2 Å². The van der Waals surface area contributed by atoms with E-state index >= 15 is 0 Å². The fourth-order valence-corrected chi connectivity index (χ4v) is 3.52. The highest BCUT2D eigenvalue weighted by Gasteiger charge is 2.16. The number of rotatable bonds is 9. The van der Waals surface area contributed by atoms with Crippen LogP contribution in [0.3, 0.4) is 0 Å². The van der Waals surface area contributed by atoms with Crippen LogP contribution in [0.2, 0.25) is 0 Å². The lowest BCUT2D eigenvalue weighted by Gasteiger charge is -2.14. The topological polar surface area (TPSA) is 83.7 Å². The molecule has 0 unspecified atom stereocenters. The summed E-state index contributed by atoms with van der Waals surface area (Å²) in [6.45, 7) is 4.75. The van der Waals surface area contributed by atoms with Crippen LogP contribution in [0.5, 0.6) is 11.5 Å². The Kier molecular flexibility index (Phi) is 7.05. The number of halogens is 1. The van der Waals surface area contributed by atoms with Crippen LogP contribution in [0.15, 0.2) is 38.6 Å². The number of carbonyl (C=O) groups is 1. The summed E-state index contributed by atoms with van der Waals surface area (Å²) in [6, 6.07) is 7.36. The lowest BCUT2D eigenvalue weighted by atomic mass is 10.1. The largest absolute Gasteiger partial charge is 0.490 e. The molecule has 0 aliphatic heterocycles. The van der Waals surface area contributed by atoms with Gasteiger partial charge in [-0.1, -0.05) is 27.2 Å². The van der Waals surface area contributed by atoms with Crippen molar-refractivity contribution in [2.45, 2.75) is 26.9 Å². The number of thiophene rings is 1. The van der Waals surface area contributed by atoms with Gasteiger partial charge in [0.15, 0.2) is 18.1 Å². The van der Waals surface area contributed by atoms with Gasteiger partial charge in [0, 0.05) is 4.47 Å². The average molecular weight is 467 g/mol. The van der Waals surface area contributed by atoms with Gasteiger partial charge in [0.25, 0.3) is 5.89 Å². The van der Waals surface area contributed by atoms with E-state index in [1.165, 1.54) is 11.3 Å². The second-order valence-corrected chi connectivity index (χ2v) is 7.39. The van der Waals surface area contributed by atoms with Crippen molar-refractivity contribution >= 4 is 33.2 Å². The maximum Gasteiger partial charge on any atom is 0.310 e. The monoisotopic (exact) mass is 466 g/mol. The number of ether oxygens (including phenoxy) is 3. The molecular formula is C19H19BrN2O5S. The highest BCUT2D eigenvalue weighted by molar-refractivity contribution is 9.10. The molecule has 148 valence electrons. The van der Waals surface area contributed by atoms with E-state index in [0.717, 1.165) is 14.9 Å². The van der Waals surface area contributed by atoms with Gasteiger partial charge in [-0.3, -0.25) is 4.79 Å². The molecule has 7 nitrogen and oxygen atoms in total. The number of aromatic nitrogens is 2. The van der Waals surface area contributed by atoms with Crippen LogP contribution in [0, 0.1) is 0 Å². The number of hydrogen-bond donors (Lipinski definition) is 0. The van der Waals surface area contributed by atoms with Crippen LogP contribution in [0.1, 0.15) is 25.2 Å². The Hall–Kier alpha value is -2.39. The summed E-state index contributed by atoms with van der Waals surface area (Å²) in [7, 11) is 0. The molecule has 0 bridgehead atoms. The Balaban J connectivity index is 1.62. The first-order valence-electron chi connectivity index (χ1n) is 8.70. The molecule has 9 heteroatoms. The average Bonchev–Trinajstić information content (AvgIpc) is 3.35. The summed E-state index contributed by atoms with van der Waals surface area (Å²) in [6.07, 6.45) is 0.0721. The fraction of sp³-hybridized carbons (Fsp3) is 0.316. The van der Waals surface area contributed by atoms with Gasteiger partial charge in [0.05, 0.1) is 24.5 Å². The van der Waals surface area contributed by atoms with Crippen molar-refractivity contribution in [1.82, 2.24) is 10.1 Å². The standard InChI is InChI=1S/C19H19BrN2O5S/c1-3-24-14-8-12(13(20)10-15(14)25-4-2)9-18(23)26-11-17-21-19(27-22-17)16-6-5-7-28-16/h5-8,10H,3-4,9,11H2,1-2H3. The van der Waals surface area contributed by atoms with Gasteiger partial charge in [0.1, 0.15) is 0 Å². The quantitative estimate of drug-likeness (QED) is 0.424. The van der Waals surface area contributed by atoms with Crippen LogP contribution < -0.4 is 9.47 Å². The van der Waals surface area contributed by atoms with E-state index in [0.29, 0.717) is 36.4 Å². The Morgan fingerprint density at radius 3 is 2.64 bits per heavy atom. The maximum absolute atomic E-state index is 12.3. The summed E-state index contributed by atoms with van der Waals surface area (Å²) in [5.41, 5.74) is 0.740. The minimum atomic E-state index is -0.408. The van der Waals surface area contributed by atoms with Gasteiger partial charge in [-0.25, -0.2) is 0 Å². The first-order chi connectivity index (χ1) is 13.6. The first-order valence-corrected chi connectivity index (χ1v) is 10.4. The van der Waals surface area contributed by atoms with Crippen molar-refractivity contribution < 1.29 is 23.5 Å². The Bertz CT molecular complexity index is 927. The lowest BCUT2D eigenvalue weighted by molar-refractivity contribution is -0.144. The predicted octanol–water partition coefficient (Wildman–Crippen LogP) is 4.64. The third kappa shape index (κ3) is 5.11. The van der Waals surface area contributed by atoms with Crippen molar-refractivity contribution in [1.29, 1.82) is 0 Å². The molecule has 0 saturated carbocycles. The molecule has 0 aliphatic rings. The van der Waals surface area contributed by atoms with Crippen molar-refractivity contribution in [3.63, 3.8) is 0 Å². The fourth-order valence-electron chi connectivity index (χ4n) is 2.41. The number of benzene rings is 1. The Labute approximate surface area is 174 Å². The third-order valence-corrected chi connectivity index (χ3v) is 5.21. The number of esters is 1. The Morgan fingerprint density at radius 2 is 1.96 bits per heavy atom. The molecule has 0 spiro atoms. The highest BCUT2D eigenvalue weighted by atomic mass is 79.9. The van der Waals surface area contributed by atoms with E-state index < -0.39 is 5.97 Å². The summed E-state index contributed by atoms with van der Waals surface area (Å²) >= 11 is 4.97. The van der Waals surface area contributed by atoms with Gasteiger partial charge >= 0.3 is 5.97 Å². The molecule has 0 radical (unpaired) electrons. The maximum atomic E-state index is 12.3. The zero-order chi connectivity index (χ0) is 19.9. The molecule has 0 atom stereocenters. The van der Waals surface area contributed by atoms with E-state index in [4.69, 9.17) is 18.7 Å². The van der Waals surface area contributed by atoms with Gasteiger partial charge < -0.3 is 18.7 Å². The third-order valence-electron chi connectivity index (χ3n) is 3.61. The van der Waals surface area contributed by atoms with E-state index in [1.807, 2.05) is 31.4 Å². The second kappa shape index (κ2) is 9.70. The molecule has 2 heterocycles. The molecule has 0 fully saturated rings. The molecule has 1 aromatic carbocycles. The number of carbonyl (C=O) groups excluding carboxylic acids is 1. The summed E-state index contributed by atoms with van der Waals surface area (Å²) in [5, 5.41) is 5.76. The highest BCUT2D eigenvalue weighted by Crippen LogP contribution is 2.34. The number of hydrogen-bond acceptors (Lipinski definition) is 8. The number of nitrogens with zero attached hydrogens (tertiary/aromatic N) is 2. The van der Waals surface area contributed by atoms with Crippen molar-refractivity contribution in [2.24, 2.45) is 0 Å². The first kappa shape index (κ1) is 20.3. The molecule has 0 amide bonds. The SMILES string of the molecule is CCOc1cc(Br)c(CC(=O)OCc2noc(-c3cccs3)n2)cc1OCC. The smallest absolute Gasteiger partial charge is 0.310 e. The van der Waals surface area contributed by atoms with Crippen LogP contribution in [0.25, 0.3) is 10.8 Å². The summed E-state index contributed by atoms with van der Waals surface area (Å²) in [5.74, 6) is 1.54. The summed E-state index contributed by atoms with van der Waals surface area (Å²) in [4.78, 5) is 17.4. The minimum Gasteiger partial charge on any atom is -0.490 e. The molecule has 0 saturated heterocycles. The predicted molar refractivity (Wildman–Crippen MR) is 108 cm³/mol. The minimum absolute atomic E-state index is 0.0549. The van der Waals surface area contributed by atoms with Crippen LogP contribution in [0.4, 0.5) is 0 Å². The van der Waals surface area contributed by atoms with E-state index in [-0.39, 0.29) is 13.0 Å².